The summed E-state index contributed by atoms with van der Waals surface area (Å²) in [5, 5.41) is 5.52. The van der Waals surface area contributed by atoms with E-state index >= 15 is 0 Å². The summed E-state index contributed by atoms with van der Waals surface area (Å²) in [6.07, 6.45) is -4.74. The molecule has 0 unspecified atom stereocenters. The molecule has 1 atom stereocenters. The third kappa shape index (κ3) is 4.32. The number of nitrogens with one attached hydrogen (secondary N) is 2. The Morgan fingerprint density at radius 2 is 2.26 bits per heavy atom. The van der Waals surface area contributed by atoms with Crippen LogP contribution in [-0.4, -0.2) is 29.9 Å². The molecule has 4 nitrogen and oxygen atoms in total. The molecule has 1 amide bonds. The summed E-state index contributed by atoms with van der Waals surface area (Å²) in [7, 11) is 0. The zero-order valence-corrected chi connectivity index (χ0v) is 10.5. The van der Waals surface area contributed by atoms with Gasteiger partial charge in [0.15, 0.2) is 0 Å². The van der Waals surface area contributed by atoms with Gasteiger partial charge in [0, 0.05) is 23.4 Å². The number of amides is 1. The molecule has 1 aromatic carbocycles. The van der Waals surface area contributed by atoms with Gasteiger partial charge in [0.2, 0.25) is 5.91 Å². The van der Waals surface area contributed by atoms with E-state index in [2.05, 4.69) is 15.4 Å². The molecule has 2 N–H and O–H groups in total. The molecule has 1 aliphatic rings. The van der Waals surface area contributed by atoms with Crippen molar-refractivity contribution < 1.29 is 22.7 Å². The van der Waals surface area contributed by atoms with E-state index < -0.39 is 6.36 Å². The number of thioether (sulfide) groups is 1. The smallest absolute Gasteiger partial charge is 0.406 e. The summed E-state index contributed by atoms with van der Waals surface area (Å²) >= 11 is 1.59. The van der Waals surface area contributed by atoms with Gasteiger partial charge in [-0.05, 0) is 12.1 Å². The second kappa shape index (κ2) is 5.70. The summed E-state index contributed by atoms with van der Waals surface area (Å²) in [6, 6.07) is 4.87. The predicted molar refractivity (Wildman–Crippen MR) is 66.0 cm³/mol. The van der Waals surface area contributed by atoms with Crippen molar-refractivity contribution >= 4 is 23.4 Å². The second-order valence-corrected chi connectivity index (χ2v) is 4.87. The van der Waals surface area contributed by atoms with Crippen LogP contribution in [0.4, 0.5) is 18.9 Å². The molecule has 0 aromatic heterocycles. The molecule has 0 radical (unpaired) electrons. The third-order valence-electron chi connectivity index (χ3n) is 2.37. The SMILES string of the molecule is O=C(Nc1cccc(OC(F)(F)F)c1)[C@@H]1CSCN1. The van der Waals surface area contributed by atoms with Crippen molar-refractivity contribution in [1.29, 1.82) is 0 Å². The average molecular weight is 292 g/mol. The lowest BCUT2D eigenvalue weighted by Crippen LogP contribution is -2.37. The molecule has 0 saturated carbocycles. The average Bonchev–Trinajstić information content (AvgIpc) is 2.80. The van der Waals surface area contributed by atoms with E-state index in [1.165, 1.54) is 18.2 Å². The van der Waals surface area contributed by atoms with Gasteiger partial charge in [-0.3, -0.25) is 10.1 Å². The van der Waals surface area contributed by atoms with Crippen molar-refractivity contribution in [3.8, 4) is 5.75 Å². The van der Waals surface area contributed by atoms with Crippen molar-refractivity contribution in [2.24, 2.45) is 0 Å². The zero-order valence-electron chi connectivity index (χ0n) is 9.66. The molecule has 0 aliphatic carbocycles. The molecule has 8 heteroatoms. The van der Waals surface area contributed by atoms with E-state index in [9.17, 15) is 18.0 Å². The summed E-state index contributed by atoms with van der Waals surface area (Å²) in [6.45, 7) is 0. The number of alkyl halides is 3. The molecule has 0 spiro atoms. The summed E-state index contributed by atoms with van der Waals surface area (Å²) in [4.78, 5) is 11.8. The number of halogens is 3. The minimum Gasteiger partial charge on any atom is -0.406 e. The van der Waals surface area contributed by atoms with Gasteiger partial charge in [-0.25, -0.2) is 0 Å². The van der Waals surface area contributed by atoms with Crippen LogP contribution in [0.15, 0.2) is 24.3 Å². The first kappa shape index (κ1) is 14.0. The number of hydrogen-bond donors (Lipinski definition) is 2. The fourth-order valence-corrected chi connectivity index (χ4v) is 2.51. The van der Waals surface area contributed by atoms with E-state index in [0.717, 1.165) is 6.07 Å². The predicted octanol–water partition coefficient (Wildman–Crippen LogP) is 2.19. The minimum atomic E-state index is -4.74. The van der Waals surface area contributed by atoms with Crippen LogP contribution in [0.5, 0.6) is 5.75 Å². The van der Waals surface area contributed by atoms with Crippen LogP contribution in [0.25, 0.3) is 0 Å². The number of anilines is 1. The largest absolute Gasteiger partial charge is 0.573 e. The third-order valence-corrected chi connectivity index (χ3v) is 3.31. The normalized spacial score (nSPS) is 19.2. The summed E-state index contributed by atoms with van der Waals surface area (Å²) in [5.74, 6) is 0.702. The molecule has 1 fully saturated rings. The Morgan fingerprint density at radius 3 is 2.89 bits per heavy atom. The Labute approximate surface area is 111 Å². The fraction of sp³-hybridized carbons (Fsp3) is 0.364. The fourth-order valence-electron chi connectivity index (χ4n) is 1.56. The highest BCUT2D eigenvalue weighted by atomic mass is 32.2. The van der Waals surface area contributed by atoms with Gasteiger partial charge >= 0.3 is 6.36 Å². The van der Waals surface area contributed by atoms with Gasteiger partial charge in [0.05, 0.1) is 6.04 Å². The lowest BCUT2D eigenvalue weighted by atomic mass is 10.2. The monoisotopic (exact) mass is 292 g/mol. The number of ether oxygens (including phenoxy) is 1. The van der Waals surface area contributed by atoms with Gasteiger partial charge in [-0.15, -0.1) is 24.9 Å². The molecule has 1 aromatic rings. The van der Waals surface area contributed by atoms with Crippen LogP contribution >= 0.6 is 11.8 Å². The summed E-state index contributed by atoms with van der Waals surface area (Å²) < 4.78 is 40.0. The summed E-state index contributed by atoms with van der Waals surface area (Å²) in [5.41, 5.74) is 0.269. The molecular formula is C11H11F3N2O2S. The molecule has 1 aliphatic heterocycles. The van der Waals surface area contributed by atoms with Gasteiger partial charge in [-0.1, -0.05) is 6.07 Å². The first-order valence-corrected chi connectivity index (χ1v) is 6.57. The Hall–Kier alpha value is -1.41. The van der Waals surface area contributed by atoms with Crippen molar-refractivity contribution in [1.82, 2.24) is 5.32 Å². The maximum atomic E-state index is 12.1. The lowest BCUT2D eigenvalue weighted by molar-refractivity contribution is -0.274. The zero-order chi connectivity index (χ0) is 13.9. The standard InChI is InChI=1S/C11H11F3N2O2S/c12-11(13,14)18-8-3-1-2-7(4-8)16-10(17)9-5-19-6-15-9/h1-4,9,15H,5-6H2,(H,16,17)/t9-/m0/s1. The number of carbonyl (C=O) groups excluding carboxylic acids is 1. The highest BCUT2D eigenvalue weighted by Gasteiger charge is 2.31. The van der Waals surface area contributed by atoms with Crippen LogP contribution in [0.2, 0.25) is 0 Å². The molecule has 19 heavy (non-hydrogen) atoms. The van der Waals surface area contributed by atoms with E-state index in [1.807, 2.05) is 0 Å². The first-order chi connectivity index (χ1) is 8.94. The number of benzene rings is 1. The van der Waals surface area contributed by atoms with E-state index in [-0.39, 0.29) is 23.4 Å². The second-order valence-electron chi connectivity index (χ2n) is 3.84. The van der Waals surface area contributed by atoms with Crippen LogP contribution in [-0.2, 0) is 4.79 Å². The topological polar surface area (TPSA) is 50.4 Å². The minimum absolute atomic E-state index is 0.269. The highest BCUT2D eigenvalue weighted by molar-refractivity contribution is 7.99. The molecule has 0 bridgehead atoms. The van der Waals surface area contributed by atoms with Gasteiger partial charge in [-0.2, -0.15) is 0 Å². The maximum Gasteiger partial charge on any atom is 0.573 e. The van der Waals surface area contributed by atoms with Crippen LogP contribution in [0.3, 0.4) is 0 Å². The molecule has 1 heterocycles. The maximum absolute atomic E-state index is 12.1. The molecule has 1 saturated heterocycles. The van der Waals surface area contributed by atoms with Gasteiger partial charge in [0.25, 0.3) is 0 Å². The van der Waals surface area contributed by atoms with E-state index in [1.54, 1.807) is 11.8 Å². The Balaban J connectivity index is 2.00. The highest BCUT2D eigenvalue weighted by Crippen LogP contribution is 2.25. The van der Waals surface area contributed by atoms with E-state index in [0.29, 0.717) is 11.6 Å². The van der Waals surface area contributed by atoms with Gasteiger partial charge < -0.3 is 10.1 Å². The Morgan fingerprint density at radius 1 is 1.47 bits per heavy atom. The number of carbonyl (C=O) groups is 1. The van der Waals surface area contributed by atoms with Crippen LogP contribution in [0, 0.1) is 0 Å². The van der Waals surface area contributed by atoms with Crippen molar-refractivity contribution in [3.63, 3.8) is 0 Å². The van der Waals surface area contributed by atoms with E-state index in [4.69, 9.17) is 0 Å². The number of hydrogen-bond acceptors (Lipinski definition) is 4. The van der Waals surface area contributed by atoms with Crippen molar-refractivity contribution in [3.05, 3.63) is 24.3 Å². The molecule has 2 rings (SSSR count). The van der Waals surface area contributed by atoms with Crippen molar-refractivity contribution in [2.45, 2.75) is 12.4 Å². The van der Waals surface area contributed by atoms with Crippen LogP contribution in [0.1, 0.15) is 0 Å². The van der Waals surface area contributed by atoms with Gasteiger partial charge in [0.1, 0.15) is 5.75 Å². The lowest BCUT2D eigenvalue weighted by Gasteiger charge is -2.12. The Kier molecular flexibility index (Phi) is 4.20. The Bertz CT molecular complexity index is 461. The number of rotatable bonds is 3. The first-order valence-electron chi connectivity index (χ1n) is 5.42. The van der Waals surface area contributed by atoms with Crippen LogP contribution < -0.4 is 15.4 Å². The van der Waals surface area contributed by atoms with Crippen molar-refractivity contribution in [2.75, 3.05) is 16.9 Å². The molecule has 104 valence electrons. The molecular weight excluding hydrogens is 281 g/mol. The quantitative estimate of drug-likeness (QED) is 0.896.